The van der Waals surface area contributed by atoms with Crippen LogP contribution in [0.15, 0.2) is 0 Å². The van der Waals surface area contributed by atoms with Crippen LogP contribution in [0.2, 0.25) is 0 Å². The highest BCUT2D eigenvalue weighted by molar-refractivity contribution is 4.68. The van der Waals surface area contributed by atoms with Crippen LogP contribution in [0, 0.1) is 26.6 Å². The van der Waals surface area contributed by atoms with Gasteiger partial charge in [-0.25, -0.2) is 0 Å². The smallest absolute Gasteiger partial charge is 0.294 e. The molecule has 0 amide bonds. The molecule has 1 radical (unpaired) electrons. The Bertz CT molecular complexity index is 222. The van der Waals surface area contributed by atoms with Crippen molar-refractivity contribution in [2.45, 2.75) is 38.9 Å². The van der Waals surface area contributed by atoms with Crippen LogP contribution < -0.4 is 0 Å². The van der Waals surface area contributed by atoms with Crippen molar-refractivity contribution in [2.24, 2.45) is 0 Å². The highest BCUT2D eigenvalue weighted by Crippen LogP contribution is 2.12. The fraction of sp³-hybridized carbons (Fsp3) is 0.857. The van der Waals surface area contributed by atoms with Crippen LogP contribution in [-0.2, 0) is 9.68 Å². The Balaban J connectivity index is 4.19. The van der Waals surface area contributed by atoms with Gasteiger partial charge in [-0.2, -0.15) is 0 Å². The van der Waals surface area contributed by atoms with Crippen molar-refractivity contribution in [3.8, 4) is 0 Å². The van der Waals surface area contributed by atoms with Gasteiger partial charge in [0, 0.05) is 0 Å². The highest BCUT2D eigenvalue weighted by atomic mass is 17.0. The largest absolute Gasteiger partial charge is 0.309 e. The summed E-state index contributed by atoms with van der Waals surface area (Å²) in [6, 6.07) is 0. The SMILES string of the molecule is C[CH]CCC(O[N+](=O)[O-])C(C)O[N+](=O)[O-]. The average Bonchev–Trinajstić information content (AvgIpc) is 2.10. The van der Waals surface area contributed by atoms with Gasteiger partial charge in [0.05, 0.1) is 0 Å². The normalized spacial score (nSPS) is 14.0. The second-order valence-electron chi connectivity index (χ2n) is 2.89. The van der Waals surface area contributed by atoms with E-state index in [1.54, 1.807) is 13.3 Å². The van der Waals surface area contributed by atoms with Crippen molar-refractivity contribution in [3.63, 3.8) is 0 Å². The van der Waals surface area contributed by atoms with Crippen molar-refractivity contribution >= 4 is 0 Å². The van der Waals surface area contributed by atoms with Gasteiger partial charge < -0.3 is 9.68 Å². The molecular weight excluding hydrogens is 208 g/mol. The van der Waals surface area contributed by atoms with Gasteiger partial charge in [-0.05, 0) is 26.2 Å². The number of unbranched alkanes of at least 4 members (excludes halogenated alkanes) is 1. The summed E-state index contributed by atoms with van der Waals surface area (Å²) >= 11 is 0. The lowest BCUT2D eigenvalue weighted by Crippen LogP contribution is -2.32. The summed E-state index contributed by atoms with van der Waals surface area (Å²) in [5.74, 6) is 0. The maximum Gasteiger partial charge on any atom is 0.294 e. The molecule has 0 spiro atoms. The molecule has 0 aromatic carbocycles. The maximum absolute atomic E-state index is 10.1. The topological polar surface area (TPSA) is 105 Å². The lowest BCUT2D eigenvalue weighted by atomic mass is 10.1. The summed E-state index contributed by atoms with van der Waals surface area (Å²) in [6.45, 7) is 3.13. The zero-order valence-electron chi connectivity index (χ0n) is 8.49. The third kappa shape index (κ3) is 6.47. The zero-order chi connectivity index (χ0) is 11.8. The van der Waals surface area contributed by atoms with Crippen molar-refractivity contribution in [2.75, 3.05) is 0 Å². The first-order valence-corrected chi connectivity index (χ1v) is 4.37. The van der Waals surface area contributed by atoms with Gasteiger partial charge in [-0.1, -0.05) is 6.92 Å². The molecule has 8 nitrogen and oxygen atoms in total. The van der Waals surface area contributed by atoms with Crippen LogP contribution in [0.5, 0.6) is 0 Å². The van der Waals surface area contributed by atoms with E-state index in [2.05, 4.69) is 9.68 Å². The van der Waals surface area contributed by atoms with Gasteiger partial charge in [0.1, 0.15) is 12.2 Å². The summed E-state index contributed by atoms with van der Waals surface area (Å²) < 4.78 is 0. The third-order valence-corrected chi connectivity index (χ3v) is 1.74. The molecule has 0 rings (SSSR count). The molecule has 0 heterocycles. The first kappa shape index (κ1) is 13.4. The first-order chi connectivity index (χ1) is 6.97. The molecule has 15 heavy (non-hydrogen) atoms. The second-order valence-corrected chi connectivity index (χ2v) is 2.89. The number of hydrogen-bond acceptors (Lipinski definition) is 6. The molecule has 0 saturated carbocycles. The van der Waals surface area contributed by atoms with Crippen LogP contribution >= 0.6 is 0 Å². The van der Waals surface area contributed by atoms with E-state index >= 15 is 0 Å². The monoisotopic (exact) mass is 221 g/mol. The fourth-order valence-electron chi connectivity index (χ4n) is 1.02. The van der Waals surface area contributed by atoms with Crippen molar-refractivity contribution in [1.82, 2.24) is 0 Å². The van der Waals surface area contributed by atoms with E-state index in [0.717, 1.165) is 0 Å². The van der Waals surface area contributed by atoms with Gasteiger partial charge in [-0.3, -0.25) is 0 Å². The zero-order valence-corrected chi connectivity index (χ0v) is 8.49. The summed E-state index contributed by atoms with van der Waals surface area (Å²) in [5, 5.41) is 18.2. The first-order valence-electron chi connectivity index (χ1n) is 4.37. The van der Waals surface area contributed by atoms with Crippen LogP contribution in [0.25, 0.3) is 0 Å². The Kier molecular flexibility index (Phi) is 6.07. The second kappa shape index (κ2) is 6.80. The van der Waals surface area contributed by atoms with E-state index < -0.39 is 22.4 Å². The third-order valence-electron chi connectivity index (χ3n) is 1.74. The van der Waals surface area contributed by atoms with Crippen molar-refractivity contribution in [3.05, 3.63) is 26.6 Å². The minimum atomic E-state index is -0.989. The number of nitrogens with zero attached hydrogens (tertiary/aromatic N) is 2. The van der Waals surface area contributed by atoms with E-state index in [1.165, 1.54) is 6.92 Å². The number of rotatable bonds is 8. The molecule has 2 atom stereocenters. The van der Waals surface area contributed by atoms with Gasteiger partial charge in [-0.15, -0.1) is 20.2 Å². The van der Waals surface area contributed by atoms with Gasteiger partial charge in [0.25, 0.3) is 10.2 Å². The fourth-order valence-corrected chi connectivity index (χ4v) is 1.02. The minimum Gasteiger partial charge on any atom is -0.309 e. The molecule has 2 unspecified atom stereocenters. The van der Waals surface area contributed by atoms with Gasteiger partial charge in [0.15, 0.2) is 0 Å². The Morgan fingerprint density at radius 2 is 1.80 bits per heavy atom. The molecule has 0 fully saturated rings. The van der Waals surface area contributed by atoms with Crippen LogP contribution in [0.4, 0.5) is 0 Å². The molecule has 0 aromatic rings. The molecule has 8 heteroatoms. The predicted octanol–water partition coefficient (Wildman–Crippen LogP) is 1.16. The van der Waals surface area contributed by atoms with Crippen molar-refractivity contribution < 1.29 is 19.8 Å². The number of hydrogen-bond donors (Lipinski definition) is 0. The van der Waals surface area contributed by atoms with E-state index in [-0.39, 0.29) is 0 Å². The molecule has 0 aliphatic heterocycles. The molecule has 0 saturated heterocycles. The summed E-state index contributed by atoms with van der Waals surface area (Å²) in [5.41, 5.74) is 0. The molecule has 87 valence electrons. The molecule has 0 aromatic heterocycles. The summed E-state index contributed by atoms with van der Waals surface area (Å²) in [4.78, 5) is 28.6. The standard InChI is InChI=1S/C7H13N2O6/c1-3-4-5-7(15-9(12)13)6(2)14-8(10)11/h3,6-7H,4-5H2,1-2H3. The highest BCUT2D eigenvalue weighted by Gasteiger charge is 2.23. The van der Waals surface area contributed by atoms with Crippen LogP contribution in [0.1, 0.15) is 26.7 Å². The molecule has 0 aliphatic carbocycles. The summed E-state index contributed by atoms with van der Waals surface area (Å²) in [7, 11) is 0. The van der Waals surface area contributed by atoms with Gasteiger partial charge >= 0.3 is 0 Å². The molecule has 0 aliphatic rings. The quantitative estimate of drug-likeness (QED) is 0.450. The van der Waals surface area contributed by atoms with Gasteiger partial charge in [0.2, 0.25) is 0 Å². The Morgan fingerprint density at radius 3 is 2.20 bits per heavy atom. The average molecular weight is 221 g/mol. The Morgan fingerprint density at radius 1 is 1.27 bits per heavy atom. The van der Waals surface area contributed by atoms with Crippen LogP contribution in [-0.4, -0.2) is 22.4 Å². The molecule has 0 N–H and O–H groups in total. The predicted molar refractivity (Wildman–Crippen MR) is 48.6 cm³/mol. The van der Waals surface area contributed by atoms with E-state index in [4.69, 9.17) is 0 Å². The van der Waals surface area contributed by atoms with E-state index in [1.807, 2.05) is 0 Å². The Labute approximate surface area is 86.4 Å². The van der Waals surface area contributed by atoms with E-state index in [9.17, 15) is 20.2 Å². The maximum atomic E-state index is 10.1. The summed E-state index contributed by atoms with van der Waals surface area (Å²) in [6.07, 6.45) is 0.748. The molecular formula is C7H13N2O6. The minimum absolute atomic E-state index is 0.298. The van der Waals surface area contributed by atoms with E-state index in [0.29, 0.717) is 12.8 Å². The molecule has 0 bridgehead atoms. The van der Waals surface area contributed by atoms with Crippen molar-refractivity contribution in [1.29, 1.82) is 0 Å². The lowest BCUT2D eigenvalue weighted by molar-refractivity contribution is -0.798. The Hall–Kier alpha value is -1.60. The lowest BCUT2D eigenvalue weighted by Gasteiger charge is -2.19. The van der Waals surface area contributed by atoms with Crippen LogP contribution in [0.3, 0.4) is 0 Å².